The lowest BCUT2D eigenvalue weighted by Crippen LogP contribution is -2.10. The number of hydrogen-bond acceptors (Lipinski definition) is 0. The summed E-state index contributed by atoms with van der Waals surface area (Å²) in [5.41, 5.74) is 9.03. The van der Waals surface area contributed by atoms with Crippen molar-refractivity contribution in [2.75, 3.05) is 0 Å². The molecule has 0 fully saturated rings. The maximum absolute atomic E-state index is 2.45. The third-order valence-corrected chi connectivity index (χ3v) is 8.23. The normalized spacial score (nSPS) is 11.9. The van der Waals surface area contributed by atoms with Crippen molar-refractivity contribution >= 4 is 32.3 Å². The van der Waals surface area contributed by atoms with Gasteiger partial charge in [-0.25, -0.2) is 0 Å². The summed E-state index contributed by atoms with van der Waals surface area (Å²) < 4.78 is 0. The number of benzene rings is 7. The van der Waals surface area contributed by atoms with Crippen molar-refractivity contribution in [3.05, 3.63) is 145 Å². The molecule has 7 aromatic rings. The van der Waals surface area contributed by atoms with Gasteiger partial charge in [-0.15, -0.1) is 0 Å². The van der Waals surface area contributed by atoms with Crippen molar-refractivity contribution in [1.82, 2.24) is 0 Å². The monoisotopic (exact) mass is 512 g/mol. The van der Waals surface area contributed by atoms with Crippen LogP contribution in [0.4, 0.5) is 0 Å². The molecule has 0 aromatic heterocycles. The molecule has 0 amide bonds. The molecular weight excluding hydrogens is 480 g/mol. The Kier molecular flexibility index (Phi) is 5.79. The van der Waals surface area contributed by atoms with Crippen molar-refractivity contribution in [2.45, 2.75) is 26.2 Å². The first kappa shape index (κ1) is 24.4. The molecule has 7 rings (SSSR count). The second kappa shape index (κ2) is 9.50. The molecule has 0 aliphatic carbocycles. The molecule has 0 atom stereocenters. The quantitative estimate of drug-likeness (QED) is 0.207. The van der Waals surface area contributed by atoms with Crippen molar-refractivity contribution in [3.8, 4) is 33.4 Å². The van der Waals surface area contributed by atoms with Crippen molar-refractivity contribution in [1.29, 1.82) is 0 Å². The molecule has 0 N–H and O–H groups in total. The Morgan fingerprint density at radius 3 is 1.65 bits per heavy atom. The van der Waals surface area contributed by atoms with E-state index in [1.54, 1.807) is 0 Å². The van der Waals surface area contributed by atoms with Gasteiger partial charge in [0.2, 0.25) is 0 Å². The van der Waals surface area contributed by atoms with Crippen LogP contribution in [-0.2, 0) is 5.41 Å². The Balaban J connectivity index is 1.58. The van der Waals surface area contributed by atoms with E-state index in [0.29, 0.717) is 0 Å². The van der Waals surface area contributed by atoms with Crippen LogP contribution in [0.15, 0.2) is 140 Å². The first-order valence-electron chi connectivity index (χ1n) is 14.1. The lowest BCUT2D eigenvalue weighted by molar-refractivity contribution is 0.591. The minimum atomic E-state index is 0.0490. The van der Waals surface area contributed by atoms with E-state index in [2.05, 4.69) is 160 Å². The number of rotatable bonds is 3. The zero-order chi connectivity index (χ0) is 27.3. The van der Waals surface area contributed by atoms with Gasteiger partial charge in [0.15, 0.2) is 0 Å². The van der Waals surface area contributed by atoms with Gasteiger partial charge in [0.05, 0.1) is 0 Å². The maximum atomic E-state index is 2.45. The third-order valence-electron chi connectivity index (χ3n) is 8.23. The minimum Gasteiger partial charge on any atom is -0.0622 e. The molecule has 0 heteroatoms. The Morgan fingerprint density at radius 2 is 0.925 bits per heavy atom. The molecular formula is C40H32. The highest BCUT2D eigenvalue weighted by Gasteiger charge is 2.21. The van der Waals surface area contributed by atoms with Crippen LogP contribution >= 0.6 is 0 Å². The smallest absolute Gasteiger partial charge is 0.00200 e. The van der Waals surface area contributed by atoms with Gasteiger partial charge in [-0.05, 0) is 82.7 Å². The van der Waals surface area contributed by atoms with Gasteiger partial charge in [-0.1, -0.05) is 154 Å². The van der Waals surface area contributed by atoms with Gasteiger partial charge in [-0.3, -0.25) is 0 Å². The van der Waals surface area contributed by atoms with Crippen LogP contribution in [-0.4, -0.2) is 0 Å². The molecule has 0 radical (unpaired) electrons. The average Bonchev–Trinajstić information content (AvgIpc) is 2.99. The second-order valence-corrected chi connectivity index (χ2v) is 11.8. The molecule has 7 aromatic carbocycles. The van der Waals surface area contributed by atoms with Crippen LogP contribution in [0, 0.1) is 0 Å². The Labute approximate surface area is 236 Å². The zero-order valence-corrected chi connectivity index (χ0v) is 23.3. The SMILES string of the molecule is CC(C)(C)c1ccc2c(-c3ccc(-c4ccccc4)cc3)c3ccccc3c(-c3cccc4ccccc34)c2c1. The summed E-state index contributed by atoms with van der Waals surface area (Å²) in [5.74, 6) is 0. The Hall–Kier alpha value is -4.68. The van der Waals surface area contributed by atoms with Crippen LogP contribution in [0.25, 0.3) is 65.7 Å². The molecule has 0 unspecified atom stereocenters. The average molecular weight is 513 g/mol. The Bertz CT molecular complexity index is 2000. The van der Waals surface area contributed by atoms with E-state index in [1.165, 1.54) is 71.3 Å². The highest BCUT2D eigenvalue weighted by Crippen LogP contribution is 2.46. The molecule has 0 aliphatic heterocycles. The predicted octanol–water partition coefficient (Wildman–Crippen LogP) is 11.4. The molecule has 0 heterocycles. The van der Waals surface area contributed by atoms with E-state index >= 15 is 0 Å². The first-order valence-corrected chi connectivity index (χ1v) is 14.1. The topological polar surface area (TPSA) is 0 Å². The van der Waals surface area contributed by atoms with Crippen LogP contribution < -0.4 is 0 Å². The summed E-state index contributed by atoms with van der Waals surface area (Å²) in [6, 6.07) is 51.2. The summed E-state index contributed by atoms with van der Waals surface area (Å²) in [6.45, 7) is 6.90. The largest absolute Gasteiger partial charge is 0.0622 e. The Morgan fingerprint density at radius 1 is 0.375 bits per heavy atom. The fraction of sp³-hybridized carbons (Fsp3) is 0.100. The summed E-state index contributed by atoms with van der Waals surface area (Å²) in [5, 5.41) is 7.74. The lowest BCUT2D eigenvalue weighted by atomic mass is 9.80. The van der Waals surface area contributed by atoms with Crippen molar-refractivity contribution < 1.29 is 0 Å². The number of hydrogen-bond donors (Lipinski definition) is 0. The van der Waals surface area contributed by atoms with E-state index < -0.39 is 0 Å². The van der Waals surface area contributed by atoms with Crippen molar-refractivity contribution in [2.24, 2.45) is 0 Å². The predicted molar refractivity (Wildman–Crippen MR) is 174 cm³/mol. The molecule has 0 saturated carbocycles. The molecule has 192 valence electrons. The highest BCUT2D eigenvalue weighted by atomic mass is 14.2. The van der Waals surface area contributed by atoms with Gasteiger partial charge < -0.3 is 0 Å². The maximum Gasteiger partial charge on any atom is -0.00200 e. The van der Waals surface area contributed by atoms with Gasteiger partial charge in [0.25, 0.3) is 0 Å². The van der Waals surface area contributed by atoms with Gasteiger partial charge in [-0.2, -0.15) is 0 Å². The van der Waals surface area contributed by atoms with Crippen molar-refractivity contribution in [3.63, 3.8) is 0 Å². The lowest BCUT2D eigenvalue weighted by Gasteiger charge is -2.23. The minimum absolute atomic E-state index is 0.0490. The van der Waals surface area contributed by atoms with Gasteiger partial charge in [0, 0.05) is 0 Å². The summed E-state index contributed by atoms with van der Waals surface area (Å²) in [4.78, 5) is 0. The van der Waals surface area contributed by atoms with E-state index in [4.69, 9.17) is 0 Å². The molecule has 0 nitrogen and oxygen atoms in total. The molecule has 0 spiro atoms. The molecule has 0 aliphatic rings. The fourth-order valence-corrected chi connectivity index (χ4v) is 6.15. The molecule has 0 bridgehead atoms. The highest BCUT2D eigenvalue weighted by molar-refractivity contribution is 6.23. The van der Waals surface area contributed by atoms with E-state index in [0.717, 1.165) is 0 Å². The van der Waals surface area contributed by atoms with E-state index in [-0.39, 0.29) is 5.41 Å². The standard InChI is InChI=1S/C40H32/c1-40(2,3)31-24-25-36-37(26-31)39(33-19-11-15-29-14-7-8-16-32(29)33)35-18-10-9-17-34(35)38(36)30-22-20-28(21-23-30)27-12-5-4-6-13-27/h4-26H,1-3H3. The molecule has 0 saturated heterocycles. The van der Waals surface area contributed by atoms with Gasteiger partial charge >= 0.3 is 0 Å². The van der Waals surface area contributed by atoms with E-state index in [1.807, 2.05) is 0 Å². The van der Waals surface area contributed by atoms with Crippen LogP contribution in [0.1, 0.15) is 26.3 Å². The van der Waals surface area contributed by atoms with Crippen LogP contribution in [0.5, 0.6) is 0 Å². The zero-order valence-electron chi connectivity index (χ0n) is 23.3. The summed E-state index contributed by atoms with van der Waals surface area (Å²) >= 11 is 0. The molecule has 40 heavy (non-hydrogen) atoms. The second-order valence-electron chi connectivity index (χ2n) is 11.8. The summed E-state index contributed by atoms with van der Waals surface area (Å²) in [7, 11) is 0. The van der Waals surface area contributed by atoms with Crippen LogP contribution in [0.3, 0.4) is 0 Å². The third kappa shape index (κ3) is 4.08. The summed E-state index contributed by atoms with van der Waals surface area (Å²) in [6.07, 6.45) is 0. The van der Waals surface area contributed by atoms with E-state index in [9.17, 15) is 0 Å². The number of fused-ring (bicyclic) bond motifs is 3. The first-order chi connectivity index (χ1) is 19.5. The fourth-order valence-electron chi connectivity index (χ4n) is 6.15. The van der Waals surface area contributed by atoms with Crippen LogP contribution in [0.2, 0.25) is 0 Å². The van der Waals surface area contributed by atoms with Gasteiger partial charge in [0.1, 0.15) is 0 Å².